The third-order valence-electron chi connectivity index (χ3n) is 6.04. The first-order valence-electron chi connectivity index (χ1n) is 12.6. The fraction of sp³-hybridized carbons (Fsp3) is 0.233. The second kappa shape index (κ2) is 13.2. The summed E-state index contributed by atoms with van der Waals surface area (Å²) in [6.07, 6.45) is 0.548. The van der Waals surface area contributed by atoms with Gasteiger partial charge in [-0.1, -0.05) is 18.2 Å². The molecule has 0 saturated heterocycles. The number of carbonyl (C=O) groups excluding carboxylic acids is 2. The molecular formula is C30H31N3O7. The van der Waals surface area contributed by atoms with Gasteiger partial charge in [0, 0.05) is 17.5 Å². The molecule has 2 amide bonds. The number of hydrogen-bond donors (Lipinski definition) is 2. The molecule has 10 nitrogen and oxygen atoms in total. The monoisotopic (exact) mass is 545 g/mol. The Morgan fingerprint density at radius 2 is 1.62 bits per heavy atom. The standard InChI is InChI=1S/C30H31N3O7/c1-5-39-25-8-6-7-21-18-23(29(35)31-16-15-19-9-14-24(37-3)26(17-19)38-4)30(40-27(21)25)33-32-28(34)20-10-12-22(36-2)13-11-20/h6-14,17-18H,5,15-16H2,1-4H3,(H,31,35)(H,32,34)/b33-30-. The summed E-state index contributed by atoms with van der Waals surface area (Å²) >= 11 is 0. The van der Waals surface area contributed by atoms with Gasteiger partial charge in [0.1, 0.15) is 11.3 Å². The van der Waals surface area contributed by atoms with E-state index in [1.54, 1.807) is 57.7 Å². The first-order valence-corrected chi connectivity index (χ1v) is 12.6. The average molecular weight is 546 g/mol. The molecule has 40 heavy (non-hydrogen) atoms. The highest BCUT2D eigenvalue weighted by Crippen LogP contribution is 2.28. The average Bonchev–Trinajstić information content (AvgIpc) is 2.99. The summed E-state index contributed by atoms with van der Waals surface area (Å²) in [4.78, 5) is 26.0. The maximum absolute atomic E-state index is 13.3. The zero-order valence-corrected chi connectivity index (χ0v) is 22.8. The van der Waals surface area contributed by atoms with Crippen LogP contribution in [0.15, 0.2) is 76.2 Å². The number of ether oxygens (including phenoxy) is 4. The van der Waals surface area contributed by atoms with Crippen molar-refractivity contribution in [2.45, 2.75) is 13.3 Å². The molecule has 0 atom stereocenters. The van der Waals surface area contributed by atoms with E-state index in [2.05, 4.69) is 15.8 Å². The molecule has 0 bridgehead atoms. The molecule has 2 N–H and O–H groups in total. The molecule has 0 fully saturated rings. The zero-order valence-electron chi connectivity index (χ0n) is 22.8. The quantitative estimate of drug-likeness (QED) is 0.273. The molecule has 4 aromatic rings. The van der Waals surface area contributed by atoms with E-state index in [0.29, 0.717) is 59.1 Å². The molecule has 4 rings (SSSR count). The first-order chi connectivity index (χ1) is 19.5. The van der Waals surface area contributed by atoms with Gasteiger partial charge in [0.05, 0.1) is 27.9 Å². The summed E-state index contributed by atoms with van der Waals surface area (Å²) in [6.45, 7) is 2.62. The molecule has 0 unspecified atom stereocenters. The smallest absolute Gasteiger partial charge is 0.271 e. The van der Waals surface area contributed by atoms with Gasteiger partial charge in [-0.3, -0.25) is 9.59 Å². The van der Waals surface area contributed by atoms with Crippen LogP contribution >= 0.6 is 0 Å². The Labute approximate surface area is 231 Å². The van der Waals surface area contributed by atoms with E-state index in [4.69, 9.17) is 23.4 Å². The molecule has 0 aliphatic heterocycles. The van der Waals surface area contributed by atoms with Crippen LogP contribution in [0.3, 0.4) is 0 Å². The maximum atomic E-state index is 13.3. The lowest BCUT2D eigenvalue weighted by Crippen LogP contribution is -2.32. The maximum Gasteiger partial charge on any atom is 0.271 e. The molecule has 0 aliphatic rings. The molecule has 0 aliphatic carbocycles. The Balaban J connectivity index is 1.60. The lowest BCUT2D eigenvalue weighted by Gasteiger charge is -2.11. The molecule has 1 heterocycles. The number of rotatable bonds is 11. The van der Waals surface area contributed by atoms with Crippen molar-refractivity contribution in [2.24, 2.45) is 5.10 Å². The predicted molar refractivity (Wildman–Crippen MR) is 149 cm³/mol. The van der Waals surface area contributed by atoms with E-state index in [1.807, 2.05) is 37.3 Å². The van der Waals surface area contributed by atoms with E-state index >= 15 is 0 Å². The van der Waals surface area contributed by atoms with Crippen LogP contribution in [0.2, 0.25) is 0 Å². The van der Waals surface area contributed by atoms with Crippen molar-refractivity contribution in [3.05, 3.63) is 89.0 Å². The van der Waals surface area contributed by atoms with Gasteiger partial charge in [-0.2, -0.15) is 0 Å². The van der Waals surface area contributed by atoms with E-state index < -0.39 is 11.8 Å². The number of carbonyl (C=O) groups is 2. The normalized spacial score (nSPS) is 11.2. The molecule has 0 spiro atoms. The Bertz CT molecular complexity index is 1560. The van der Waals surface area contributed by atoms with Crippen LogP contribution in [0.4, 0.5) is 0 Å². The van der Waals surface area contributed by atoms with Gasteiger partial charge in [-0.25, -0.2) is 5.43 Å². The minimum atomic E-state index is -0.476. The van der Waals surface area contributed by atoms with E-state index in [9.17, 15) is 9.59 Å². The fourth-order valence-corrected chi connectivity index (χ4v) is 4.00. The number of benzene rings is 3. The third kappa shape index (κ3) is 6.52. The van der Waals surface area contributed by atoms with Crippen LogP contribution in [0.1, 0.15) is 33.2 Å². The van der Waals surface area contributed by atoms with Crippen molar-refractivity contribution >= 4 is 22.8 Å². The molecule has 3 aromatic carbocycles. The topological polar surface area (TPSA) is 121 Å². The van der Waals surface area contributed by atoms with E-state index in [1.165, 1.54) is 0 Å². The Morgan fingerprint density at radius 1 is 0.850 bits per heavy atom. The summed E-state index contributed by atoms with van der Waals surface area (Å²) in [5, 5.41) is 7.71. The summed E-state index contributed by atoms with van der Waals surface area (Å²) in [6, 6.07) is 19.2. The second-order valence-corrected chi connectivity index (χ2v) is 8.55. The summed E-state index contributed by atoms with van der Waals surface area (Å²) < 4.78 is 27.5. The Hall–Kier alpha value is -4.99. The SMILES string of the molecule is CCOc1cccc2cc(C(=O)NCCc3ccc(OC)c(OC)c3)/c(=N/NC(=O)c3ccc(OC)cc3)oc12. The number of nitrogens with zero attached hydrogens (tertiary/aromatic N) is 1. The van der Waals surface area contributed by atoms with Crippen LogP contribution in [0.5, 0.6) is 23.0 Å². The third-order valence-corrected chi connectivity index (χ3v) is 6.04. The number of methoxy groups -OCH3 is 3. The fourth-order valence-electron chi connectivity index (χ4n) is 4.00. The number of nitrogens with one attached hydrogen (secondary N) is 2. The van der Waals surface area contributed by atoms with Gasteiger partial charge in [0.25, 0.3) is 11.8 Å². The van der Waals surface area contributed by atoms with Crippen molar-refractivity contribution < 1.29 is 33.0 Å². The summed E-state index contributed by atoms with van der Waals surface area (Å²) in [5.74, 6) is 1.47. The van der Waals surface area contributed by atoms with Gasteiger partial charge in [0.2, 0.25) is 5.55 Å². The molecule has 10 heteroatoms. The minimum Gasteiger partial charge on any atom is -0.497 e. The van der Waals surface area contributed by atoms with Crippen LogP contribution < -0.4 is 35.2 Å². The van der Waals surface area contributed by atoms with Crippen LogP contribution in [0.25, 0.3) is 11.0 Å². The number of fused-ring (bicyclic) bond motifs is 1. The van der Waals surface area contributed by atoms with E-state index in [0.717, 1.165) is 5.56 Å². The summed E-state index contributed by atoms with van der Waals surface area (Å²) in [5.41, 5.74) is 4.29. The predicted octanol–water partition coefficient (Wildman–Crippen LogP) is 4.08. The second-order valence-electron chi connectivity index (χ2n) is 8.55. The Kier molecular flexibility index (Phi) is 9.24. The minimum absolute atomic E-state index is 0.0647. The molecule has 208 valence electrons. The lowest BCUT2D eigenvalue weighted by molar-refractivity contribution is 0.0934. The van der Waals surface area contributed by atoms with Crippen molar-refractivity contribution in [1.29, 1.82) is 0 Å². The first kappa shape index (κ1) is 28.0. The van der Waals surface area contributed by atoms with Gasteiger partial charge in [-0.05, 0) is 67.4 Å². The Morgan fingerprint density at radius 3 is 2.33 bits per heavy atom. The number of hydrogen-bond acceptors (Lipinski definition) is 8. The van der Waals surface area contributed by atoms with Gasteiger partial charge in [0.15, 0.2) is 22.8 Å². The molecular weight excluding hydrogens is 514 g/mol. The van der Waals surface area contributed by atoms with Crippen molar-refractivity contribution in [3.63, 3.8) is 0 Å². The van der Waals surface area contributed by atoms with Crippen molar-refractivity contribution in [3.8, 4) is 23.0 Å². The largest absolute Gasteiger partial charge is 0.497 e. The van der Waals surface area contributed by atoms with Crippen molar-refractivity contribution in [2.75, 3.05) is 34.5 Å². The molecule has 0 saturated carbocycles. The molecule has 1 aromatic heterocycles. The molecule has 0 radical (unpaired) electrons. The van der Waals surface area contributed by atoms with Gasteiger partial charge >= 0.3 is 0 Å². The number of para-hydroxylation sites is 1. The zero-order chi connectivity index (χ0) is 28.5. The lowest BCUT2D eigenvalue weighted by atomic mass is 10.1. The highest BCUT2D eigenvalue weighted by molar-refractivity contribution is 5.97. The van der Waals surface area contributed by atoms with Crippen LogP contribution in [-0.2, 0) is 6.42 Å². The van der Waals surface area contributed by atoms with Crippen molar-refractivity contribution in [1.82, 2.24) is 10.7 Å². The van der Waals surface area contributed by atoms with Gasteiger partial charge < -0.3 is 28.7 Å². The highest BCUT2D eigenvalue weighted by Gasteiger charge is 2.16. The van der Waals surface area contributed by atoms with Crippen LogP contribution in [0, 0.1) is 0 Å². The van der Waals surface area contributed by atoms with Crippen LogP contribution in [-0.4, -0.2) is 46.3 Å². The van der Waals surface area contributed by atoms with Gasteiger partial charge in [-0.15, -0.1) is 5.10 Å². The summed E-state index contributed by atoms with van der Waals surface area (Å²) in [7, 11) is 4.69. The highest BCUT2D eigenvalue weighted by atomic mass is 16.5. The van der Waals surface area contributed by atoms with E-state index in [-0.39, 0.29) is 11.1 Å². The number of amides is 2.